The van der Waals surface area contributed by atoms with E-state index < -0.39 is 5.88 Å². The van der Waals surface area contributed by atoms with Crippen molar-refractivity contribution in [3.05, 3.63) is 21.3 Å². The van der Waals surface area contributed by atoms with Crippen molar-refractivity contribution in [1.29, 1.82) is 0 Å². The molecule has 1 aromatic heterocycles. The molecular formula is C5HCl3KNO. The van der Waals surface area contributed by atoms with Gasteiger partial charge in [0.1, 0.15) is 5.15 Å². The summed E-state index contributed by atoms with van der Waals surface area (Å²) < 4.78 is 0. The first-order chi connectivity index (χ1) is 4.61. The van der Waals surface area contributed by atoms with Crippen LogP contribution in [0, 0.1) is 0 Å². The van der Waals surface area contributed by atoms with E-state index >= 15 is 0 Å². The Morgan fingerprint density at radius 3 is 2.18 bits per heavy atom. The van der Waals surface area contributed by atoms with E-state index in [9.17, 15) is 5.11 Å². The molecule has 0 amide bonds. The molecule has 0 spiro atoms. The zero-order valence-electron chi connectivity index (χ0n) is 5.57. The van der Waals surface area contributed by atoms with Crippen LogP contribution < -0.4 is 56.5 Å². The third-order valence-corrected chi connectivity index (χ3v) is 1.80. The summed E-state index contributed by atoms with van der Waals surface area (Å²) in [5.41, 5.74) is 0. The van der Waals surface area contributed by atoms with Crippen molar-refractivity contribution in [3.63, 3.8) is 0 Å². The van der Waals surface area contributed by atoms with E-state index in [1.54, 1.807) is 0 Å². The first kappa shape index (κ1) is 12.5. The Kier molecular flexibility index (Phi) is 5.94. The van der Waals surface area contributed by atoms with Crippen LogP contribution in [0.4, 0.5) is 0 Å². The third-order valence-electron chi connectivity index (χ3n) is 0.855. The van der Waals surface area contributed by atoms with Gasteiger partial charge in [-0.2, -0.15) is 0 Å². The second-order valence-electron chi connectivity index (χ2n) is 1.55. The molecule has 1 aromatic rings. The Hall–Kier alpha value is 1.46. The molecule has 0 unspecified atom stereocenters. The summed E-state index contributed by atoms with van der Waals surface area (Å²) in [4.78, 5) is 3.32. The zero-order valence-corrected chi connectivity index (χ0v) is 11.0. The average molecular weight is 237 g/mol. The molecule has 2 nitrogen and oxygen atoms in total. The number of hydrogen-bond donors (Lipinski definition) is 0. The van der Waals surface area contributed by atoms with Gasteiger partial charge in [-0.15, -0.1) is 0 Å². The van der Waals surface area contributed by atoms with Gasteiger partial charge in [-0.25, -0.2) is 4.98 Å². The summed E-state index contributed by atoms with van der Waals surface area (Å²) in [6, 6.07) is 1.26. The Balaban J connectivity index is 0.000001000. The van der Waals surface area contributed by atoms with Crippen molar-refractivity contribution in [3.8, 4) is 5.88 Å². The number of aromatic nitrogens is 1. The van der Waals surface area contributed by atoms with Gasteiger partial charge in [-0.1, -0.05) is 34.8 Å². The molecule has 1 heterocycles. The summed E-state index contributed by atoms with van der Waals surface area (Å²) >= 11 is 16.2. The summed E-state index contributed by atoms with van der Waals surface area (Å²) in [5.74, 6) is -0.559. The molecule has 1 rings (SSSR count). The summed E-state index contributed by atoms with van der Waals surface area (Å²) in [6.45, 7) is 0. The number of rotatable bonds is 0. The van der Waals surface area contributed by atoms with Crippen LogP contribution in [0.2, 0.25) is 15.2 Å². The van der Waals surface area contributed by atoms with E-state index in [2.05, 4.69) is 4.98 Å². The minimum atomic E-state index is -0.559. The van der Waals surface area contributed by atoms with Crippen LogP contribution in [-0.2, 0) is 0 Å². The van der Waals surface area contributed by atoms with Crippen LogP contribution in [0.3, 0.4) is 0 Å². The number of nitrogens with zero attached hydrogens (tertiary/aromatic N) is 1. The van der Waals surface area contributed by atoms with Gasteiger partial charge in [0.15, 0.2) is 0 Å². The molecule has 0 fully saturated rings. The fourth-order valence-corrected chi connectivity index (χ4v) is 0.918. The second-order valence-corrected chi connectivity index (χ2v) is 2.72. The molecule has 0 aliphatic carbocycles. The summed E-state index contributed by atoms with van der Waals surface area (Å²) in [5, 5.41) is 10.8. The van der Waals surface area contributed by atoms with Gasteiger partial charge in [0.05, 0.1) is 10.0 Å². The van der Waals surface area contributed by atoms with Crippen molar-refractivity contribution >= 4 is 34.8 Å². The molecule has 0 radical (unpaired) electrons. The smallest absolute Gasteiger partial charge is 0.858 e. The topological polar surface area (TPSA) is 36.0 Å². The minimum absolute atomic E-state index is 0. The summed E-state index contributed by atoms with van der Waals surface area (Å²) in [7, 11) is 0. The molecule has 0 aliphatic heterocycles. The quantitative estimate of drug-likeness (QED) is 0.433. The second kappa shape index (κ2) is 5.24. The summed E-state index contributed by atoms with van der Waals surface area (Å²) in [6.07, 6.45) is 0. The van der Waals surface area contributed by atoms with E-state index in [4.69, 9.17) is 34.8 Å². The minimum Gasteiger partial charge on any atom is -0.858 e. The van der Waals surface area contributed by atoms with Gasteiger partial charge in [-0.05, 0) is 6.07 Å². The molecule has 0 aromatic carbocycles. The van der Waals surface area contributed by atoms with Crippen LogP contribution in [0.1, 0.15) is 0 Å². The Morgan fingerprint density at radius 1 is 1.18 bits per heavy atom. The fraction of sp³-hybridized carbons (Fsp3) is 0. The predicted molar refractivity (Wildman–Crippen MR) is 38.7 cm³/mol. The first-order valence-electron chi connectivity index (χ1n) is 2.30. The standard InChI is InChI=1S/C5H2Cl3NO.K/c6-2-1-3(7)5(10)9-4(2)8;/h1H,(H,9,10);/q;+1/p-1. The van der Waals surface area contributed by atoms with Crippen LogP contribution in [0.5, 0.6) is 5.88 Å². The molecule has 11 heavy (non-hydrogen) atoms. The molecule has 0 aliphatic rings. The van der Waals surface area contributed by atoms with Crippen molar-refractivity contribution in [2.45, 2.75) is 0 Å². The Labute approximate surface area is 121 Å². The maximum atomic E-state index is 10.6. The molecule has 0 atom stereocenters. The molecular weight excluding hydrogens is 236 g/mol. The molecule has 0 N–H and O–H groups in total. The van der Waals surface area contributed by atoms with Crippen LogP contribution in [0.25, 0.3) is 0 Å². The van der Waals surface area contributed by atoms with Crippen molar-refractivity contribution in [2.24, 2.45) is 0 Å². The molecule has 0 saturated heterocycles. The Morgan fingerprint density at radius 2 is 1.73 bits per heavy atom. The average Bonchev–Trinajstić information content (AvgIpc) is 1.84. The van der Waals surface area contributed by atoms with Crippen molar-refractivity contribution in [2.75, 3.05) is 0 Å². The molecule has 6 heteroatoms. The maximum absolute atomic E-state index is 10.6. The van der Waals surface area contributed by atoms with Gasteiger partial charge >= 0.3 is 51.4 Å². The fourth-order valence-electron chi connectivity index (χ4n) is 0.429. The van der Waals surface area contributed by atoms with Gasteiger partial charge in [0, 0.05) is 5.88 Å². The normalized spacial score (nSPS) is 9.00. The van der Waals surface area contributed by atoms with Crippen molar-refractivity contribution < 1.29 is 56.5 Å². The van der Waals surface area contributed by atoms with Gasteiger partial charge < -0.3 is 5.11 Å². The molecule has 0 bridgehead atoms. The van der Waals surface area contributed by atoms with Crippen LogP contribution >= 0.6 is 34.8 Å². The van der Waals surface area contributed by atoms with Gasteiger partial charge in [0.25, 0.3) is 0 Å². The van der Waals surface area contributed by atoms with E-state index in [1.165, 1.54) is 6.07 Å². The van der Waals surface area contributed by atoms with Gasteiger partial charge in [0.2, 0.25) is 0 Å². The zero-order chi connectivity index (χ0) is 7.72. The number of pyridine rings is 1. The molecule has 54 valence electrons. The third kappa shape index (κ3) is 3.36. The van der Waals surface area contributed by atoms with E-state index in [-0.39, 0.29) is 66.6 Å². The maximum Gasteiger partial charge on any atom is 1.00 e. The largest absolute Gasteiger partial charge is 1.00 e. The van der Waals surface area contributed by atoms with Crippen LogP contribution in [-0.4, -0.2) is 4.98 Å². The SMILES string of the molecule is [K+].[O-]c1nc(Cl)c(Cl)cc1Cl. The molecule has 0 saturated carbocycles. The van der Waals surface area contributed by atoms with Crippen LogP contribution in [0.15, 0.2) is 6.07 Å². The predicted octanol–water partition coefficient (Wildman–Crippen LogP) is -0.881. The monoisotopic (exact) mass is 235 g/mol. The Bertz CT molecular complexity index is 218. The van der Waals surface area contributed by atoms with E-state index in [0.29, 0.717) is 0 Å². The van der Waals surface area contributed by atoms with E-state index in [1.807, 2.05) is 0 Å². The van der Waals surface area contributed by atoms with Gasteiger partial charge in [-0.3, -0.25) is 0 Å². The first-order valence-corrected chi connectivity index (χ1v) is 3.43. The number of hydrogen-bond acceptors (Lipinski definition) is 2. The van der Waals surface area contributed by atoms with Crippen molar-refractivity contribution in [1.82, 2.24) is 4.98 Å². The number of halogens is 3. The van der Waals surface area contributed by atoms with E-state index in [0.717, 1.165) is 0 Å².